The Morgan fingerprint density at radius 2 is 1.92 bits per heavy atom. The van der Waals surface area contributed by atoms with E-state index in [0.717, 1.165) is 19.3 Å². The Morgan fingerprint density at radius 3 is 2.55 bits per heavy atom. The van der Waals surface area contributed by atoms with Crippen molar-refractivity contribution in [3.63, 3.8) is 0 Å². The number of unbranched alkanes of at least 4 members (excludes halogenated alkanes) is 1. The van der Waals surface area contributed by atoms with Gasteiger partial charge in [-0.2, -0.15) is 0 Å². The van der Waals surface area contributed by atoms with Crippen molar-refractivity contribution >= 4 is 11.8 Å². The molecule has 3 atom stereocenters. The lowest BCUT2D eigenvalue weighted by molar-refractivity contribution is -0.179. The molecule has 1 spiro atoms. The van der Waals surface area contributed by atoms with E-state index >= 15 is 0 Å². The van der Waals surface area contributed by atoms with Crippen LogP contribution in [0, 0.1) is 17.5 Å². The zero-order chi connectivity index (χ0) is 27.2. The molecule has 3 aliphatic rings. The lowest BCUT2D eigenvalue weighted by atomic mass is 9.81. The third kappa shape index (κ3) is 4.36. The summed E-state index contributed by atoms with van der Waals surface area (Å²) in [5, 5.41) is 2.36. The molecule has 1 aromatic heterocycles. The maximum absolute atomic E-state index is 14.1. The Labute approximate surface area is 217 Å². The fourth-order valence-corrected chi connectivity index (χ4v) is 5.57. The van der Waals surface area contributed by atoms with Gasteiger partial charge in [0.25, 0.3) is 11.8 Å². The number of nitrogens with zero attached hydrogens (tertiary/aromatic N) is 2. The largest absolute Gasteiger partial charge is 0.487 e. The Bertz CT molecular complexity index is 1320. The first kappa shape index (κ1) is 26.3. The highest BCUT2D eigenvalue weighted by Gasteiger charge is 2.53. The number of nitrogens with one attached hydrogen (secondary N) is 1. The van der Waals surface area contributed by atoms with Crippen LogP contribution >= 0.6 is 0 Å². The Balaban J connectivity index is 1.57. The molecule has 0 unspecified atom stereocenters. The van der Waals surface area contributed by atoms with Crippen LogP contribution in [0.15, 0.2) is 23.1 Å². The normalized spacial score (nSPS) is 24.0. The number of carbonyl (C=O) groups excluding carboxylic acids is 2. The SMILES string of the molecule is CCCCOc1c2n(cc(C(=O)NCc3c(F)cc(F)cc3F)c1=O)[C@@H]1CN(C2=O)[C@@H](C)CC[C@@]12CCO2. The van der Waals surface area contributed by atoms with E-state index in [1.54, 1.807) is 9.47 Å². The molecular formula is C27H30F3N3O5. The van der Waals surface area contributed by atoms with Crippen molar-refractivity contribution in [3.8, 4) is 5.75 Å². The van der Waals surface area contributed by atoms with Gasteiger partial charge in [0.05, 0.1) is 24.9 Å². The zero-order valence-corrected chi connectivity index (χ0v) is 21.3. The van der Waals surface area contributed by atoms with Crippen molar-refractivity contribution in [1.29, 1.82) is 0 Å². The molecule has 1 aromatic carbocycles. The number of hydrogen-bond donors (Lipinski definition) is 1. The zero-order valence-electron chi connectivity index (χ0n) is 21.3. The maximum atomic E-state index is 14.1. The molecule has 4 heterocycles. The van der Waals surface area contributed by atoms with Crippen molar-refractivity contribution in [3.05, 3.63) is 62.8 Å². The highest BCUT2D eigenvalue weighted by atomic mass is 19.1. The number of fused-ring (bicyclic) bond motifs is 5. The smallest absolute Gasteiger partial charge is 0.274 e. The van der Waals surface area contributed by atoms with Gasteiger partial charge in [0.2, 0.25) is 5.43 Å². The molecule has 2 aromatic rings. The first-order valence-corrected chi connectivity index (χ1v) is 13.0. The number of aromatic nitrogens is 1. The molecule has 0 saturated carbocycles. The van der Waals surface area contributed by atoms with Crippen LogP contribution in [0.2, 0.25) is 0 Å². The van der Waals surface area contributed by atoms with Gasteiger partial charge in [0.1, 0.15) is 23.0 Å². The van der Waals surface area contributed by atoms with Crippen LogP contribution in [0.1, 0.15) is 78.4 Å². The fraction of sp³-hybridized carbons (Fsp3) is 0.519. The summed E-state index contributed by atoms with van der Waals surface area (Å²) in [5.41, 5.74) is -2.10. The lowest BCUT2D eigenvalue weighted by Gasteiger charge is -2.50. The quantitative estimate of drug-likeness (QED) is 0.548. The van der Waals surface area contributed by atoms with Crippen LogP contribution < -0.4 is 15.5 Å². The number of ether oxygens (including phenoxy) is 2. The van der Waals surface area contributed by atoms with Crippen LogP contribution in [0.5, 0.6) is 5.75 Å². The third-order valence-corrected chi connectivity index (χ3v) is 7.92. The van der Waals surface area contributed by atoms with Gasteiger partial charge in [-0.3, -0.25) is 14.4 Å². The summed E-state index contributed by atoms with van der Waals surface area (Å²) in [4.78, 5) is 42.1. The molecule has 204 valence electrons. The summed E-state index contributed by atoms with van der Waals surface area (Å²) in [6, 6.07) is 0.618. The maximum Gasteiger partial charge on any atom is 0.274 e. The third-order valence-electron chi connectivity index (χ3n) is 7.92. The van der Waals surface area contributed by atoms with Crippen LogP contribution in [-0.2, 0) is 11.3 Å². The minimum atomic E-state index is -1.16. The highest BCUT2D eigenvalue weighted by molar-refractivity contribution is 5.99. The van der Waals surface area contributed by atoms with E-state index in [4.69, 9.17) is 9.47 Å². The predicted octanol–water partition coefficient (Wildman–Crippen LogP) is 3.71. The Kier molecular flexibility index (Phi) is 6.97. The average Bonchev–Trinajstić information content (AvgIpc) is 2.98. The van der Waals surface area contributed by atoms with Crippen molar-refractivity contribution in [2.75, 3.05) is 19.8 Å². The molecule has 0 aliphatic carbocycles. The van der Waals surface area contributed by atoms with Crippen LogP contribution in [-0.4, -0.2) is 52.7 Å². The second kappa shape index (κ2) is 10.1. The van der Waals surface area contributed by atoms with Gasteiger partial charge in [-0.25, -0.2) is 13.2 Å². The van der Waals surface area contributed by atoms with E-state index in [2.05, 4.69) is 5.32 Å². The van der Waals surface area contributed by atoms with Crippen LogP contribution in [0.25, 0.3) is 0 Å². The van der Waals surface area contributed by atoms with Crippen LogP contribution in [0.4, 0.5) is 13.2 Å². The Hall–Kier alpha value is -3.34. The molecule has 2 amide bonds. The summed E-state index contributed by atoms with van der Waals surface area (Å²) in [6.07, 6.45) is 4.96. The lowest BCUT2D eigenvalue weighted by Crippen LogP contribution is -2.57. The molecular weight excluding hydrogens is 503 g/mol. The minimum Gasteiger partial charge on any atom is -0.487 e. The molecule has 2 bridgehead atoms. The topological polar surface area (TPSA) is 89.9 Å². The van der Waals surface area contributed by atoms with Gasteiger partial charge >= 0.3 is 0 Å². The van der Waals surface area contributed by atoms with E-state index in [9.17, 15) is 27.6 Å². The molecule has 5 rings (SSSR count). The highest BCUT2D eigenvalue weighted by Crippen LogP contribution is 2.47. The average molecular weight is 534 g/mol. The fourth-order valence-electron chi connectivity index (χ4n) is 5.57. The minimum absolute atomic E-state index is 0.0654. The van der Waals surface area contributed by atoms with Gasteiger partial charge in [-0.1, -0.05) is 13.3 Å². The van der Waals surface area contributed by atoms with Gasteiger partial charge in [-0.15, -0.1) is 0 Å². The van der Waals surface area contributed by atoms with Gasteiger partial charge in [0, 0.05) is 49.4 Å². The molecule has 0 radical (unpaired) electrons. The summed E-state index contributed by atoms with van der Waals surface area (Å²) in [7, 11) is 0. The number of halogens is 3. The molecule has 3 aliphatic heterocycles. The monoisotopic (exact) mass is 533 g/mol. The van der Waals surface area contributed by atoms with Crippen LogP contribution in [0.3, 0.4) is 0 Å². The molecule has 2 saturated heterocycles. The van der Waals surface area contributed by atoms with Crippen molar-refractivity contribution in [2.45, 2.75) is 70.2 Å². The predicted molar refractivity (Wildman–Crippen MR) is 131 cm³/mol. The molecule has 38 heavy (non-hydrogen) atoms. The molecule has 2 fully saturated rings. The Morgan fingerprint density at radius 1 is 1.21 bits per heavy atom. The summed E-state index contributed by atoms with van der Waals surface area (Å²) < 4.78 is 55.1. The van der Waals surface area contributed by atoms with E-state index in [1.165, 1.54) is 6.20 Å². The van der Waals surface area contributed by atoms with Crippen molar-refractivity contribution < 1.29 is 32.2 Å². The summed E-state index contributed by atoms with van der Waals surface area (Å²) >= 11 is 0. The van der Waals surface area contributed by atoms with Gasteiger partial charge in [0.15, 0.2) is 11.4 Å². The molecule has 8 nitrogen and oxygen atoms in total. The molecule has 11 heteroatoms. The molecule has 1 N–H and O–H groups in total. The number of rotatable bonds is 7. The van der Waals surface area contributed by atoms with E-state index in [-0.39, 0.29) is 41.6 Å². The van der Waals surface area contributed by atoms with E-state index in [1.807, 2.05) is 13.8 Å². The second-order valence-electron chi connectivity index (χ2n) is 10.2. The number of benzene rings is 1. The van der Waals surface area contributed by atoms with E-state index < -0.39 is 46.5 Å². The van der Waals surface area contributed by atoms with Gasteiger partial charge in [-0.05, 0) is 26.2 Å². The first-order valence-electron chi connectivity index (χ1n) is 13.0. The van der Waals surface area contributed by atoms with Crippen molar-refractivity contribution in [1.82, 2.24) is 14.8 Å². The van der Waals surface area contributed by atoms with Gasteiger partial charge < -0.3 is 24.3 Å². The number of carbonyl (C=O) groups is 2. The first-order chi connectivity index (χ1) is 18.2. The summed E-state index contributed by atoms with van der Waals surface area (Å²) in [6.45, 7) is 4.42. The number of pyridine rings is 1. The van der Waals surface area contributed by atoms with Crippen molar-refractivity contribution in [2.24, 2.45) is 0 Å². The second-order valence-corrected chi connectivity index (χ2v) is 10.2. The van der Waals surface area contributed by atoms with E-state index in [0.29, 0.717) is 38.1 Å². The number of amides is 2. The number of hydrogen-bond acceptors (Lipinski definition) is 5. The standard InChI is InChI=1S/C27H30F3N3O5/c1-3-4-8-37-24-22-26(36)32-14-21(27(7-9-38-27)6-5-15(32)2)33(22)13-18(23(24)34)25(35)31-12-17-19(29)10-16(28)11-20(17)30/h10-11,13,15,21H,3-9,12,14H2,1-2H3,(H,31,35)/t15-,21+,27+/m0/s1. The summed E-state index contributed by atoms with van der Waals surface area (Å²) in [5.74, 6) is -4.86.